The number of aryl methyl sites for hydroxylation is 1. The minimum Gasteiger partial charge on any atom is -0.497 e. The minimum absolute atomic E-state index is 0.239. The van der Waals surface area contributed by atoms with Crippen molar-refractivity contribution in [2.75, 3.05) is 24.9 Å². The van der Waals surface area contributed by atoms with Crippen LogP contribution in [0.5, 0.6) is 11.5 Å². The summed E-state index contributed by atoms with van der Waals surface area (Å²) < 4.78 is 15.5. The topological polar surface area (TPSA) is 98.5 Å². The number of nitrogens with one attached hydrogen (secondary N) is 2. The average Bonchev–Trinajstić information content (AvgIpc) is 3.07. The van der Waals surface area contributed by atoms with Crippen LogP contribution in [-0.4, -0.2) is 30.3 Å². The van der Waals surface area contributed by atoms with Gasteiger partial charge in [-0.3, -0.25) is 9.78 Å². The van der Waals surface area contributed by atoms with Crippen molar-refractivity contribution in [2.45, 2.75) is 6.92 Å². The molecule has 2 N–H and O–H groups in total. The Morgan fingerprint density at radius 1 is 1.12 bits per heavy atom. The van der Waals surface area contributed by atoms with Crippen LogP contribution in [0, 0.1) is 6.92 Å². The zero-order chi connectivity index (χ0) is 18.5. The summed E-state index contributed by atoms with van der Waals surface area (Å²) in [6.07, 6.45) is 1.54. The highest BCUT2D eigenvalue weighted by atomic mass is 16.5. The molecule has 2 heterocycles. The number of anilines is 3. The highest BCUT2D eigenvalue weighted by molar-refractivity contribution is 6.02. The molecular formula is C18H18N4O4. The van der Waals surface area contributed by atoms with E-state index in [1.54, 1.807) is 51.6 Å². The van der Waals surface area contributed by atoms with Crippen molar-refractivity contribution in [2.24, 2.45) is 0 Å². The van der Waals surface area contributed by atoms with Crippen molar-refractivity contribution >= 4 is 23.1 Å². The molecule has 2 aromatic heterocycles. The monoisotopic (exact) mass is 354 g/mol. The molecule has 1 amide bonds. The van der Waals surface area contributed by atoms with Gasteiger partial charge < -0.3 is 24.6 Å². The molecule has 0 aliphatic heterocycles. The predicted molar refractivity (Wildman–Crippen MR) is 96.3 cm³/mol. The Hall–Kier alpha value is -3.55. The molecule has 134 valence electrons. The lowest BCUT2D eigenvalue weighted by molar-refractivity contribution is 0.102. The third kappa shape index (κ3) is 3.92. The normalized spacial score (nSPS) is 10.3. The first kappa shape index (κ1) is 17.3. The maximum Gasteiger partial charge on any atom is 0.275 e. The summed E-state index contributed by atoms with van der Waals surface area (Å²) in [6, 6.07) is 10.4. The van der Waals surface area contributed by atoms with E-state index in [2.05, 4.69) is 20.8 Å². The van der Waals surface area contributed by atoms with E-state index in [4.69, 9.17) is 14.0 Å². The first-order valence-electron chi connectivity index (χ1n) is 7.79. The molecule has 0 radical (unpaired) electrons. The van der Waals surface area contributed by atoms with Gasteiger partial charge in [0.25, 0.3) is 5.91 Å². The van der Waals surface area contributed by atoms with E-state index in [9.17, 15) is 4.79 Å². The molecule has 0 unspecified atom stereocenters. The van der Waals surface area contributed by atoms with Crippen LogP contribution >= 0.6 is 0 Å². The summed E-state index contributed by atoms with van der Waals surface area (Å²) in [5.41, 5.74) is 1.66. The second kappa shape index (κ2) is 7.56. The van der Waals surface area contributed by atoms with Crippen LogP contribution in [-0.2, 0) is 0 Å². The first-order chi connectivity index (χ1) is 12.6. The molecule has 0 aliphatic rings. The maximum absolute atomic E-state index is 12.3. The molecule has 0 spiro atoms. The van der Waals surface area contributed by atoms with Gasteiger partial charge in [0, 0.05) is 24.0 Å². The molecule has 0 saturated carbocycles. The van der Waals surface area contributed by atoms with E-state index in [-0.39, 0.29) is 11.6 Å². The van der Waals surface area contributed by atoms with Crippen molar-refractivity contribution in [1.29, 1.82) is 0 Å². The molecule has 0 saturated heterocycles. The van der Waals surface area contributed by atoms with Crippen LogP contribution in [0.15, 0.2) is 47.1 Å². The van der Waals surface area contributed by atoms with Crippen LogP contribution in [0.1, 0.15) is 16.2 Å². The number of hydrogen-bond donors (Lipinski definition) is 2. The fourth-order valence-electron chi connectivity index (χ4n) is 2.30. The van der Waals surface area contributed by atoms with Gasteiger partial charge in [0.05, 0.1) is 19.9 Å². The van der Waals surface area contributed by atoms with E-state index in [1.807, 2.05) is 12.1 Å². The van der Waals surface area contributed by atoms with Crippen molar-refractivity contribution in [3.05, 3.63) is 54.0 Å². The van der Waals surface area contributed by atoms with Gasteiger partial charge in [-0.15, -0.1) is 0 Å². The molecule has 3 aromatic rings. The fraction of sp³-hybridized carbons (Fsp3) is 0.167. The van der Waals surface area contributed by atoms with Gasteiger partial charge in [0.1, 0.15) is 23.0 Å². The van der Waals surface area contributed by atoms with E-state index in [0.29, 0.717) is 28.8 Å². The van der Waals surface area contributed by atoms with Crippen molar-refractivity contribution in [3.8, 4) is 11.5 Å². The van der Waals surface area contributed by atoms with Gasteiger partial charge in [-0.25, -0.2) is 0 Å². The summed E-state index contributed by atoms with van der Waals surface area (Å²) >= 11 is 0. The summed E-state index contributed by atoms with van der Waals surface area (Å²) in [6.45, 7) is 1.74. The SMILES string of the molecule is COc1ccc(Nc2ccnc(C(=O)Nc3cc(C)on3)c2)c(OC)c1. The third-order valence-corrected chi connectivity index (χ3v) is 3.55. The lowest BCUT2D eigenvalue weighted by Gasteiger charge is -2.13. The summed E-state index contributed by atoms with van der Waals surface area (Å²) in [4.78, 5) is 16.4. The lowest BCUT2D eigenvalue weighted by atomic mass is 10.2. The first-order valence-corrected chi connectivity index (χ1v) is 7.79. The van der Waals surface area contributed by atoms with Gasteiger partial charge in [-0.1, -0.05) is 5.16 Å². The molecule has 0 atom stereocenters. The summed E-state index contributed by atoms with van der Waals surface area (Å²) in [5.74, 6) is 1.86. The molecular weight excluding hydrogens is 336 g/mol. The summed E-state index contributed by atoms with van der Waals surface area (Å²) in [7, 11) is 3.16. The smallest absolute Gasteiger partial charge is 0.275 e. The van der Waals surface area contributed by atoms with Gasteiger partial charge in [-0.05, 0) is 31.2 Å². The Balaban J connectivity index is 1.78. The number of carbonyl (C=O) groups excluding carboxylic acids is 1. The Kier molecular flexibility index (Phi) is 5.02. The minimum atomic E-state index is -0.386. The maximum atomic E-state index is 12.3. The average molecular weight is 354 g/mol. The molecule has 8 nitrogen and oxygen atoms in total. The van der Waals surface area contributed by atoms with Crippen molar-refractivity contribution in [1.82, 2.24) is 10.1 Å². The number of benzene rings is 1. The number of pyridine rings is 1. The van der Waals surface area contributed by atoms with Gasteiger partial charge in [0.15, 0.2) is 5.82 Å². The Morgan fingerprint density at radius 2 is 1.96 bits per heavy atom. The van der Waals surface area contributed by atoms with Crippen LogP contribution in [0.4, 0.5) is 17.2 Å². The summed E-state index contributed by atoms with van der Waals surface area (Å²) in [5, 5.41) is 9.57. The van der Waals surface area contributed by atoms with E-state index >= 15 is 0 Å². The van der Waals surface area contributed by atoms with Crippen molar-refractivity contribution in [3.63, 3.8) is 0 Å². The standard InChI is InChI=1S/C18H18N4O4/c1-11-8-17(22-26-11)21-18(23)15-9-12(6-7-19-15)20-14-5-4-13(24-2)10-16(14)25-3/h4-10H,1-3H3,(H,19,20)(H,21,22,23). The van der Waals surface area contributed by atoms with E-state index in [0.717, 1.165) is 5.69 Å². The van der Waals surface area contributed by atoms with E-state index in [1.165, 1.54) is 0 Å². The van der Waals surface area contributed by atoms with E-state index < -0.39 is 0 Å². The molecule has 1 aromatic carbocycles. The van der Waals surface area contributed by atoms with Gasteiger partial charge in [0.2, 0.25) is 0 Å². The van der Waals surface area contributed by atoms with Crippen LogP contribution in [0.2, 0.25) is 0 Å². The van der Waals surface area contributed by atoms with Crippen molar-refractivity contribution < 1.29 is 18.8 Å². The number of nitrogens with zero attached hydrogens (tertiary/aromatic N) is 2. The number of aromatic nitrogens is 2. The Morgan fingerprint density at radius 3 is 2.65 bits per heavy atom. The fourth-order valence-corrected chi connectivity index (χ4v) is 2.30. The number of ether oxygens (including phenoxy) is 2. The van der Waals surface area contributed by atoms with Crippen LogP contribution in [0.3, 0.4) is 0 Å². The van der Waals surface area contributed by atoms with Gasteiger partial charge in [-0.2, -0.15) is 0 Å². The molecule has 0 fully saturated rings. The largest absolute Gasteiger partial charge is 0.497 e. The number of rotatable bonds is 6. The predicted octanol–water partition coefficient (Wildman–Crippen LogP) is 3.39. The molecule has 0 bridgehead atoms. The zero-order valence-corrected chi connectivity index (χ0v) is 14.6. The van der Waals surface area contributed by atoms with Crippen LogP contribution in [0.25, 0.3) is 0 Å². The number of carbonyl (C=O) groups is 1. The molecule has 26 heavy (non-hydrogen) atoms. The Labute approximate surface area is 150 Å². The number of amides is 1. The highest BCUT2D eigenvalue weighted by Gasteiger charge is 2.12. The Bertz CT molecular complexity index is 923. The number of hydrogen-bond acceptors (Lipinski definition) is 7. The second-order valence-electron chi connectivity index (χ2n) is 5.40. The molecule has 0 aliphatic carbocycles. The quantitative estimate of drug-likeness (QED) is 0.700. The van der Waals surface area contributed by atoms with Crippen LogP contribution < -0.4 is 20.1 Å². The number of methoxy groups -OCH3 is 2. The third-order valence-electron chi connectivity index (χ3n) is 3.55. The van der Waals surface area contributed by atoms with Gasteiger partial charge >= 0.3 is 0 Å². The zero-order valence-electron chi connectivity index (χ0n) is 14.6. The molecule has 8 heteroatoms. The lowest BCUT2D eigenvalue weighted by Crippen LogP contribution is -2.14. The second-order valence-corrected chi connectivity index (χ2v) is 5.40. The highest BCUT2D eigenvalue weighted by Crippen LogP contribution is 2.31. The molecule has 3 rings (SSSR count).